The lowest BCUT2D eigenvalue weighted by atomic mass is 9.73. The van der Waals surface area contributed by atoms with Crippen molar-refractivity contribution in [3.8, 4) is 0 Å². The van der Waals surface area contributed by atoms with E-state index in [1.165, 1.54) is 11.8 Å². The third-order valence-corrected chi connectivity index (χ3v) is 8.78. The summed E-state index contributed by atoms with van der Waals surface area (Å²) in [5, 5.41) is 11.9. The Hall–Kier alpha value is -3.58. The van der Waals surface area contributed by atoms with Gasteiger partial charge < -0.3 is 20.7 Å². The molecule has 1 atom stereocenters. The Labute approximate surface area is 234 Å². The van der Waals surface area contributed by atoms with Crippen LogP contribution in [0.2, 0.25) is 5.02 Å². The number of nitrogens with zero attached hydrogens (tertiary/aromatic N) is 8. The molecule has 1 fully saturated rings. The van der Waals surface area contributed by atoms with Crippen LogP contribution in [-0.2, 0) is 11.3 Å². The van der Waals surface area contributed by atoms with E-state index in [-0.39, 0.29) is 17.3 Å². The first kappa shape index (κ1) is 25.7. The highest BCUT2D eigenvalue weighted by Gasteiger charge is 2.50. The Bertz CT molecular complexity index is 1540. The molecule has 0 aromatic carbocycles. The van der Waals surface area contributed by atoms with E-state index in [4.69, 9.17) is 27.1 Å². The molecule has 1 saturated heterocycles. The maximum atomic E-state index is 12.7. The zero-order valence-corrected chi connectivity index (χ0v) is 23.4. The second-order valence-corrected chi connectivity index (χ2v) is 12.4. The van der Waals surface area contributed by atoms with Crippen LogP contribution in [0, 0.1) is 5.41 Å². The van der Waals surface area contributed by atoms with Crippen LogP contribution >= 0.6 is 23.4 Å². The topological polar surface area (TPSA) is 141 Å². The van der Waals surface area contributed by atoms with E-state index in [2.05, 4.69) is 30.5 Å². The van der Waals surface area contributed by atoms with Gasteiger partial charge in [0.1, 0.15) is 11.4 Å². The number of amides is 1. The molecule has 6 heterocycles. The van der Waals surface area contributed by atoms with Gasteiger partial charge in [0.25, 0.3) is 0 Å². The van der Waals surface area contributed by atoms with E-state index in [1.807, 2.05) is 48.3 Å². The van der Waals surface area contributed by atoms with Crippen molar-refractivity contribution in [1.82, 2.24) is 39.7 Å². The minimum atomic E-state index is -0.584. The Balaban J connectivity index is 1.22. The molecule has 0 saturated carbocycles. The minimum Gasteiger partial charge on any atom is -0.444 e. The fraction of sp³-hybridized carbons (Fsp3) is 0.440. The van der Waals surface area contributed by atoms with Crippen LogP contribution in [0.25, 0.3) is 5.65 Å². The number of pyridine rings is 1. The zero-order chi connectivity index (χ0) is 27.4. The van der Waals surface area contributed by atoms with E-state index in [0.29, 0.717) is 11.6 Å². The summed E-state index contributed by atoms with van der Waals surface area (Å²) in [5.41, 5.74) is 6.80. The molecule has 204 valence electrons. The van der Waals surface area contributed by atoms with Crippen molar-refractivity contribution in [3.63, 3.8) is 0 Å². The average Bonchev–Trinajstić information content (AvgIpc) is 3.60. The number of nitrogens with one attached hydrogen (secondary N) is 1. The summed E-state index contributed by atoms with van der Waals surface area (Å²) in [5.74, 6) is 1.10. The largest absolute Gasteiger partial charge is 0.444 e. The van der Waals surface area contributed by atoms with E-state index in [1.54, 1.807) is 18.6 Å². The van der Waals surface area contributed by atoms with E-state index >= 15 is 0 Å². The van der Waals surface area contributed by atoms with E-state index in [0.717, 1.165) is 53.0 Å². The van der Waals surface area contributed by atoms with Gasteiger partial charge in [-0.2, -0.15) is 0 Å². The quantitative estimate of drug-likeness (QED) is 0.371. The van der Waals surface area contributed by atoms with Gasteiger partial charge in [-0.25, -0.2) is 24.4 Å². The van der Waals surface area contributed by atoms with Crippen LogP contribution < -0.4 is 16.0 Å². The summed E-state index contributed by atoms with van der Waals surface area (Å²) in [6.07, 6.45) is 10.1. The molecular weight excluding hydrogens is 540 g/mol. The molecule has 4 aromatic rings. The van der Waals surface area contributed by atoms with Gasteiger partial charge in [0, 0.05) is 48.2 Å². The predicted octanol–water partition coefficient (Wildman–Crippen LogP) is 3.97. The van der Waals surface area contributed by atoms with Crippen LogP contribution in [0.5, 0.6) is 0 Å². The summed E-state index contributed by atoms with van der Waals surface area (Å²) in [6.45, 7) is 7.77. The monoisotopic (exact) mass is 568 g/mol. The molecule has 0 aliphatic carbocycles. The summed E-state index contributed by atoms with van der Waals surface area (Å²) in [7, 11) is 0. The van der Waals surface area contributed by atoms with Gasteiger partial charge in [0.05, 0.1) is 34.4 Å². The van der Waals surface area contributed by atoms with Gasteiger partial charge in [0.15, 0.2) is 5.65 Å². The third-order valence-electron chi connectivity index (χ3n) is 7.20. The molecule has 2 aliphatic heterocycles. The number of carbonyl (C=O) groups is 1. The molecule has 0 radical (unpaired) electrons. The lowest BCUT2D eigenvalue weighted by molar-refractivity contribution is 0.0422. The van der Waals surface area contributed by atoms with Crippen LogP contribution in [0.4, 0.5) is 16.6 Å². The average molecular weight is 569 g/mol. The van der Waals surface area contributed by atoms with Crippen LogP contribution in [0.15, 0.2) is 46.8 Å². The van der Waals surface area contributed by atoms with Crippen LogP contribution in [0.3, 0.4) is 0 Å². The molecule has 2 aliphatic rings. The highest BCUT2D eigenvalue weighted by molar-refractivity contribution is 7.99. The SMILES string of the molecule is CC(C)(C)OC(=O)N[C@@H]1c2cnnn2CC12CCN(c1ncc(Sc3ccnc(N)c3Cl)c3nccn13)CC2. The fourth-order valence-electron chi connectivity index (χ4n) is 5.39. The van der Waals surface area contributed by atoms with Crippen molar-refractivity contribution < 1.29 is 9.53 Å². The second kappa shape index (κ2) is 9.56. The molecule has 6 rings (SSSR count). The van der Waals surface area contributed by atoms with Gasteiger partial charge >= 0.3 is 6.09 Å². The number of hydrogen-bond donors (Lipinski definition) is 2. The van der Waals surface area contributed by atoms with E-state index in [9.17, 15) is 4.79 Å². The summed E-state index contributed by atoms with van der Waals surface area (Å²) >= 11 is 7.83. The molecule has 39 heavy (non-hydrogen) atoms. The smallest absolute Gasteiger partial charge is 0.408 e. The number of carbonyl (C=O) groups excluding carboxylic acids is 1. The molecule has 14 heteroatoms. The maximum Gasteiger partial charge on any atom is 0.408 e. The molecular formula is C25H29ClN10O2S. The number of imidazole rings is 1. The van der Waals surface area contributed by atoms with Gasteiger partial charge in [-0.3, -0.25) is 4.40 Å². The number of rotatable bonds is 4. The first-order chi connectivity index (χ1) is 18.6. The number of halogens is 1. The molecule has 0 bridgehead atoms. The van der Waals surface area contributed by atoms with Gasteiger partial charge in [-0.05, 0) is 39.7 Å². The number of hydrogen-bond acceptors (Lipinski definition) is 10. The zero-order valence-electron chi connectivity index (χ0n) is 21.8. The Morgan fingerprint density at radius 2 is 1.97 bits per heavy atom. The number of ether oxygens (including phenoxy) is 1. The number of anilines is 2. The normalized spacial score (nSPS) is 18.5. The minimum absolute atomic E-state index is 0.194. The second-order valence-electron chi connectivity index (χ2n) is 10.9. The number of aromatic nitrogens is 7. The highest BCUT2D eigenvalue weighted by Crippen LogP contribution is 2.49. The van der Waals surface area contributed by atoms with Crippen molar-refractivity contribution in [3.05, 3.63) is 47.8 Å². The predicted molar refractivity (Wildman–Crippen MR) is 147 cm³/mol. The van der Waals surface area contributed by atoms with Crippen molar-refractivity contribution in [2.75, 3.05) is 23.7 Å². The van der Waals surface area contributed by atoms with Gasteiger partial charge in [-0.1, -0.05) is 28.6 Å². The molecule has 4 aromatic heterocycles. The molecule has 0 unspecified atom stereocenters. The third kappa shape index (κ3) is 4.73. The highest BCUT2D eigenvalue weighted by atomic mass is 35.5. The number of fused-ring (bicyclic) bond motifs is 2. The fourth-order valence-corrected chi connectivity index (χ4v) is 6.53. The molecule has 3 N–H and O–H groups in total. The van der Waals surface area contributed by atoms with Crippen LogP contribution in [0.1, 0.15) is 45.3 Å². The van der Waals surface area contributed by atoms with Crippen LogP contribution in [-0.4, -0.2) is 59.1 Å². The maximum absolute atomic E-state index is 12.7. The molecule has 1 amide bonds. The van der Waals surface area contributed by atoms with Gasteiger partial charge in [0.2, 0.25) is 5.95 Å². The number of piperidine rings is 1. The van der Waals surface area contributed by atoms with E-state index < -0.39 is 11.7 Å². The van der Waals surface area contributed by atoms with Crippen molar-refractivity contribution in [2.24, 2.45) is 5.41 Å². The first-order valence-corrected chi connectivity index (χ1v) is 13.9. The lowest BCUT2D eigenvalue weighted by Crippen LogP contribution is -2.48. The van der Waals surface area contributed by atoms with Crippen molar-refractivity contribution >= 4 is 46.9 Å². The molecule has 1 spiro atoms. The number of nitrogen functional groups attached to an aromatic ring is 1. The summed E-state index contributed by atoms with van der Waals surface area (Å²) in [6, 6.07) is 1.59. The standard InChI is InChI=1S/C25H29ClN10O2S/c1-24(2,3)38-23(37)32-19-15-12-31-33-36(15)14-25(19)5-9-34(10-6-25)22-30-13-17(21-29-8-11-35(21)22)39-16-4-7-28-20(27)18(16)26/h4,7-8,11-13,19H,5-6,9-10,14H2,1-3H3,(H2,27,28)(H,32,37)/t19-/m1/s1. The number of alkyl carbamates (subject to hydrolysis) is 1. The Morgan fingerprint density at radius 1 is 1.18 bits per heavy atom. The summed E-state index contributed by atoms with van der Waals surface area (Å²) in [4.78, 5) is 30.1. The Kier molecular flexibility index (Phi) is 6.29. The first-order valence-electron chi connectivity index (χ1n) is 12.7. The number of nitrogens with two attached hydrogens (primary N) is 1. The van der Waals surface area contributed by atoms with Crippen molar-refractivity contribution in [2.45, 2.75) is 61.6 Å². The van der Waals surface area contributed by atoms with Crippen molar-refractivity contribution in [1.29, 1.82) is 0 Å². The Morgan fingerprint density at radius 3 is 2.74 bits per heavy atom. The lowest BCUT2D eigenvalue weighted by Gasteiger charge is -2.42. The van der Waals surface area contributed by atoms with Gasteiger partial charge in [-0.15, -0.1) is 5.10 Å². The summed E-state index contributed by atoms with van der Waals surface area (Å²) < 4.78 is 9.47. The molecule has 12 nitrogen and oxygen atoms in total.